The Balaban J connectivity index is 2.02. The van der Waals surface area contributed by atoms with E-state index in [4.69, 9.17) is 11.6 Å². The molecular weight excluding hydrogens is 309 g/mol. The number of hydrogen-bond donors (Lipinski definition) is 3. The third kappa shape index (κ3) is 4.72. The summed E-state index contributed by atoms with van der Waals surface area (Å²) in [4.78, 5) is 11.3. The first-order valence-corrected chi connectivity index (χ1v) is 7.01. The van der Waals surface area contributed by atoms with E-state index in [0.717, 1.165) is 5.56 Å². The van der Waals surface area contributed by atoms with Gasteiger partial charge in [0.15, 0.2) is 0 Å². The molecule has 0 heterocycles. The standard InChI is InChI=1S/C16H15ClFNO3/c17-12-5-11(6-13(18)8-12)9-19-15(16(21)22)7-10-1-3-14(20)4-2-10/h1-6,8,15,19-20H,7,9H2,(H,21,22)/t15-/m0/s1. The molecular formula is C16H15ClFNO3. The van der Waals surface area contributed by atoms with Crippen LogP contribution in [0.4, 0.5) is 4.39 Å². The Labute approximate surface area is 132 Å². The second kappa shape index (κ2) is 7.24. The lowest BCUT2D eigenvalue weighted by molar-refractivity contribution is -0.139. The van der Waals surface area contributed by atoms with E-state index in [1.807, 2.05) is 0 Å². The van der Waals surface area contributed by atoms with Crippen LogP contribution in [0.3, 0.4) is 0 Å². The number of hydrogen-bond acceptors (Lipinski definition) is 3. The topological polar surface area (TPSA) is 69.6 Å². The molecule has 0 spiro atoms. The summed E-state index contributed by atoms with van der Waals surface area (Å²) in [5, 5.41) is 21.6. The first-order valence-electron chi connectivity index (χ1n) is 6.63. The zero-order chi connectivity index (χ0) is 16.1. The maximum Gasteiger partial charge on any atom is 0.321 e. The molecule has 1 atom stereocenters. The Morgan fingerprint density at radius 2 is 1.86 bits per heavy atom. The molecule has 4 nitrogen and oxygen atoms in total. The average Bonchev–Trinajstić information content (AvgIpc) is 2.44. The number of nitrogens with one attached hydrogen (secondary N) is 1. The molecule has 0 fully saturated rings. The molecule has 0 aliphatic carbocycles. The number of phenolic OH excluding ortho intramolecular Hbond substituents is 1. The van der Waals surface area contributed by atoms with Crippen molar-refractivity contribution in [2.75, 3.05) is 0 Å². The van der Waals surface area contributed by atoms with E-state index in [1.54, 1.807) is 18.2 Å². The first kappa shape index (κ1) is 16.3. The summed E-state index contributed by atoms with van der Waals surface area (Å²) in [6, 6.07) is 9.57. The van der Waals surface area contributed by atoms with Gasteiger partial charge in [0.1, 0.15) is 17.6 Å². The van der Waals surface area contributed by atoms with Gasteiger partial charge in [0.25, 0.3) is 0 Å². The maximum absolute atomic E-state index is 13.2. The lowest BCUT2D eigenvalue weighted by Crippen LogP contribution is -2.38. The van der Waals surface area contributed by atoms with Crippen molar-refractivity contribution in [3.63, 3.8) is 0 Å². The molecule has 6 heteroatoms. The van der Waals surface area contributed by atoms with Crippen molar-refractivity contribution >= 4 is 17.6 Å². The lowest BCUT2D eigenvalue weighted by Gasteiger charge is -2.15. The van der Waals surface area contributed by atoms with Gasteiger partial charge in [-0.3, -0.25) is 4.79 Å². The predicted octanol–water partition coefficient (Wildman–Crippen LogP) is 2.97. The molecule has 0 aliphatic rings. The summed E-state index contributed by atoms with van der Waals surface area (Å²) in [7, 11) is 0. The molecule has 2 aromatic rings. The van der Waals surface area contributed by atoms with Crippen LogP contribution in [0.25, 0.3) is 0 Å². The number of aliphatic carboxylic acids is 1. The van der Waals surface area contributed by atoms with Crippen LogP contribution < -0.4 is 5.32 Å². The Morgan fingerprint density at radius 3 is 2.45 bits per heavy atom. The van der Waals surface area contributed by atoms with Gasteiger partial charge in [-0.2, -0.15) is 0 Å². The van der Waals surface area contributed by atoms with Crippen LogP contribution in [0.5, 0.6) is 5.75 Å². The first-order chi connectivity index (χ1) is 10.4. The summed E-state index contributed by atoms with van der Waals surface area (Å²) < 4.78 is 13.2. The summed E-state index contributed by atoms with van der Waals surface area (Å²) >= 11 is 5.76. The lowest BCUT2D eigenvalue weighted by atomic mass is 10.1. The van der Waals surface area contributed by atoms with Crippen molar-refractivity contribution in [2.45, 2.75) is 19.0 Å². The van der Waals surface area contributed by atoms with Crippen molar-refractivity contribution in [1.82, 2.24) is 5.32 Å². The van der Waals surface area contributed by atoms with Gasteiger partial charge in [0.05, 0.1) is 0 Å². The molecule has 116 valence electrons. The summed E-state index contributed by atoms with van der Waals surface area (Å²) in [6.07, 6.45) is 0.249. The van der Waals surface area contributed by atoms with Crippen LogP contribution in [-0.4, -0.2) is 22.2 Å². The third-order valence-electron chi connectivity index (χ3n) is 3.15. The minimum Gasteiger partial charge on any atom is -0.508 e. The number of halogens is 2. The highest BCUT2D eigenvalue weighted by molar-refractivity contribution is 6.30. The number of carbonyl (C=O) groups is 1. The molecule has 22 heavy (non-hydrogen) atoms. The van der Waals surface area contributed by atoms with Crippen LogP contribution in [0.15, 0.2) is 42.5 Å². The second-order valence-corrected chi connectivity index (χ2v) is 5.36. The van der Waals surface area contributed by atoms with E-state index in [9.17, 15) is 19.4 Å². The number of benzene rings is 2. The fourth-order valence-corrected chi connectivity index (χ4v) is 2.31. The fourth-order valence-electron chi connectivity index (χ4n) is 2.07. The molecule has 0 saturated heterocycles. The van der Waals surface area contributed by atoms with E-state index in [-0.39, 0.29) is 23.7 Å². The molecule has 2 rings (SSSR count). The molecule has 2 aromatic carbocycles. The third-order valence-corrected chi connectivity index (χ3v) is 3.37. The Bertz CT molecular complexity index is 641. The van der Waals surface area contributed by atoms with Gasteiger partial charge in [-0.1, -0.05) is 23.7 Å². The SMILES string of the molecule is O=C(O)[C@H](Cc1ccc(O)cc1)NCc1cc(F)cc(Cl)c1. The van der Waals surface area contributed by atoms with E-state index in [1.165, 1.54) is 24.3 Å². The molecule has 0 amide bonds. The average molecular weight is 324 g/mol. The van der Waals surface area contributed by atoms with Crippen LogP contribution >= 0.6 is 11.6 Å². The van der Waals surface area contributed by atoms with Crippen molar-refractivity contribution < 1.29 is 19.4 Å². The second-order valence-electron chi connectivity index (χ2n) is 4.92. The van der Waals surface area contributed by atoms with E-state index >= 15 is 0 Å². The zero-order valence-corrected chi connectivity index (χ0v) is 12.3. The fraction of sp³-hybridized carbons (Fsp3) is 0.188. The largest absolute Gasteiger partial charge is 0.508 e. The quantitative estimate of drug-likeness (QED) is 0.764. The number of aromatic hydroxyl groups is 1. The monoisotopic (exact) mass is 323 g/mol. The highest BCUT2D eigenvalue weighted by Gasteiger charge is 2.17. The Hall–Kier alpha value is -2.11. The highest BCUT2D eigenvalue weighted by atomic mass is 35.5. The molecule has 0 unspecified atom stereocenters. The van der Waals surface area contributed by atoms with Gasteiger partial charge < -0.3 is 15.5 Å². The Morgan fingerprint density at radius 1 is 1.18 bits per heavy atom. The molecule has 3 N–H and O–H groups in total. The molecule has 0 bridgehead atoms. The maximum atomic E-state index is 13.2. The number of carboxylic acid groups (broad SMARTS) is 1. The van der Waals surface area contributed by atoms with Crippen LogP contribution in [-0.2, 0) is 17.8 Å². The molecule has 0 radical (unpaired) electrons. The number of carboxylic acids is 1. The van der Waals surface area contributed by atoms with Crippen molar-refractivity contribution in [2.24, 2.45) is 0 Å². The number of phenols is 1. The van der Waals surface area contributed by atoms with Crippen molar-refractivity contribution in [3.8, 4) is 5.75 Å². The van der Waals surface area contributed by atoms with Gasteiger partial charge in [-0.05, 0) is 47.9 Å². The number of rotatable bonds is 6. The zero-order valence-electron chi connectivity index (χ0n) is 11.6. The molecule has 0 saturated carbocycles. The van der Waals surface area contributed by atoms with Crippen LogP contribution in [0.1, 0.15) is 11.1 Å². The highest BCUT2D eigenvalue weighted by Crippen LogP contribution is 2.15. The van der Waals surface area contributed by atoms with Crippen molar-refractivity contribution in [1.29, 1.82) is 0 Å². The normalized spacial score (nSPS) is 12.1. The van der Waals surface area contributed by atoms with Crippen LogP contribution in [0.2, 0.25) is 5.02 Å². The molecule has 0 aromatic heterocycles. The van der Waals surface area contributed by atoms with Gasteiger partial charge in [-0.15, -0.1) is 0 Å². The van der Waals surface area contributed by atoms with Crippen LogP contribution in [0, 0.1) is 5.82 Å². The van der Waals surface area contributed by atoms with E-state index in [0.29, 0.717) is 5.56 Å². The minimum absolute atomic E-state index is 0.123. The summed E-state index contributed by atoms with van der Waals surface area (Å²) in [5.74, 6) is -1.34. The van der Waals surface area contributed by atoms with Gasteiger partial charge in [-0.25, -0.2) is 4.39 Å². The predicted molar refractivity (Wildman–Crippen MR) is 81.5 cm³/mol. The van der Waals surface area contributed by atoms with E-state index in [2.05, 4.69) is 5.32 Å². The van der Waals surface area contributed by atoms with Gasteiger partial charge in [0.2, 0.25) is 0 Å². The van der Waals surface area contributed by atoms with Crippen molar-refractivity contribution in [3.05, 3.63) is 64.4 Å². The minimum atomic E-state index is -1.00. The van der Waals surface area contributed by atoms with E-state index < -0.39 is 17.8 Å². The molecule has 0 aliphatic heterocycles. The summed E-state index contributed by atoms with van der Waals surface area (Å²) in [5.41, 5.74) is 1.34. The summed E-state index contributed by atoms with van der Waals surface area (Å²) in [6.45, 7) is 0.187. The smallest absolute Gasteiger partial charge is 0.321 e. The Kier molecular flexibility index (Phi) is 5.35. The van der Waals surface area contributed by atoms with Gasteiger partial charge in [0, 0.05) is 11.6 Å². The van der Waals surface area contributed by atoms with Gasteiger partial charge >= 0.3 is 5.97 Å².